The van der Waals surface area contributed by atoms with E-state index in [2.05, 4.69) is 0 Å². The highest BCUT2D eigenvalue weighted by Gasteiger charge is 2.26. The van der Waals surface area contributed by atoms with Gasteiger partial charge in [0.15, 0.2) is 11.5 Å². The molecule has 3 heteroatoms. The van der Waals surface area contributed by atoms with Crippen LogP contribution in [0.5, 0.6) is 11.5 Å². The van der Waals surface area contributed by atoms with Crippen molar-refractivity contribution in [2.75, 3.05) is 14.2 Å². The van der Waals surface area contributed by atoms with Crippen molar-refractivity contribution in [2.45, 2.75) is 31.7 Å². The Kier molecular flexibility index (Phi) is 3.89. The molecule has 1 fully saturated rings. The molecule has 2 N–H and O–H groups in total. The molecule has 2 rings (SSSR count). The first kappa shape index (κ1) is 12.2. The minimum absolute atomic E-state index is 0.0579. The van der Waals surface area contributed by atoms with Crippen molar-refractivity contribution in [2.24, 2.45) is 11.7 Å². The fourth-order valence-corrected chi connectivity index (χ4v) is 2.74. The standard InChI is InChI=1S/C14H21NO2/c1-16-12-9-5-8-11(14(12)17-2)13(15)10-6-3-4-7-10/h5,8-10,13H,3-4,6-7,15H2,1-2H3. The molecule has 0 aromatic heterocycles. The van der Waals surface area contributed by atoms with E-state index in [1.807, 2.05) is 18.2 Å². The molecule has 3 nitrogen and oxygen atoms in total. The van der Waals surface area contributed by atoms with Crippen LogP contribution in [0.2, 0.25) is 0 Å². The zero-order valence-corrected chi connectivity index (χ0v) is 10.6. The van der Waals surface area contributed by atoms with Gasteiger partial charge in [0.25, 0.3) is 0 Å². The lowest BCUT2D eigenvalue weighted by Gasteiger charge is -2.22. The maximum atomic E-state index is 6.36. The highest BCUT2D eigenvalue weighted by atomic mass is 16.5. The molecule has 1 aliphatic rings. The van der Waals surface area contributed by atoms with Gasteiger partial charge < -0.3 is 15.2 Å². The number of hydrogen-bond donors (Lipinski definition) is 1. The number of methoxy groups -OCH3 is 2. The summed E-state index contributed by atoms with van der Waals surface area (Å²) < 4.78 is 10.8. The van der Waals surface area contributed by atoms with E-state index in [4.69, 9.17) is 15.2 Å². The summed E-state index contributed by atoms with van der Waals surface area (Å²) in [5.74, 6) is 2.13. The van der Waals surface area contributed by atoms with Crippen molar-refractivity contribution in [1.29, 1.82) is 0 Å². The Hall–Kier alpha value is -1.22. The van der Waals surface area contributed by atoms with Crippen LogP contribution in [0.15, 0.2) is 18.2 Å². The van der Waals surface area contributed by atoms with Crippen molar-refractivity contribution in [3.63, 3.8) is 0 Å². The zero-order chi connectivity index (χ0) is 12.3. The van der Waals surface area contributed by atoms with Gasteiger partial charge in [-0.2, -0.15) is 0 Å². The van der Waals surface area contributed by atoms with Gasteiger partial charge >= 0.3 is 0 Å². The minimum atomic E-state index is 0.0579. The lowest BCUT2D eigenvalue weighted by molar-refractivity contribution is 0.342. The van der Waals surface area contributed by atoms with Crippen molar-refractivity contribution >= 4 is 0 Å². The van der Waals surface area contributed by atoms with Crippen LogP contribution in [0.4, 0.5) is 0 Å². The Morgan fingerprint density at radius 2 is 1.88 bits per heavy atom. The number of para-hydroxylation sites is 1. The molecule has 1 atom stereocenters. The van der Waals surface area contributed by atoms with Gasteiger partial charge in [0, 0.05) is 11.6 Å². The Morgan fingerprint density at radius 3 is 2.47 bits per heavy atom. The Bertz CT molecular complexity index is 372. The van der Waals surface area contributed by atoms with Gasteiger partial charge in [-0.25, -0.2) is 0 Å². The van der Waals surface area contributed by atoms with Crippen LogP contribution in [0.1, 0.15) is 37.3 Å². The molecule has 0 saturated heterocycles. The van der Waals surface area contributed by atoms with Crippen molar-refractivity contribution in [3.8, 4) is 11.5 Å². The largest absolute Gasteiger partial charge is 0.493 e. The summed E-state index contributed by atoms with van der Waals surface area (Å²) in [6, 6.07) is 5.99. The summed E-state index contributed by atoms with van der Waals surface area (Å²) in [5.41, 5.74) is 7.43. The number of nitrogens with two attached hydrogens (primary N) is 1. The second-order valence-corrected chi connectivity index (χ2v) is 4.65. The fraction of sp³-hybridized carbons (Fsp3) is 0.571. The van der Waals surface area contributed by atoms with Crippen LogP contribution in [0.3, 0.4) is 0 Å². The van der Waals surface area contributed by atoms with Gasteiger partial charge in [-0.3, -0.25) is 0 Å². The summed E-state index contributed by atoms with van der Waals surface area (Å²) in [6.45, 7) is 0. The molecule has 0 heterocycles. The van der Waals surface area contributed by atoms with E-state index in [9.17, 15) is 0 Å². The average molecular weight is 235 g/mol. The molecular formula is C14H21NO2. The van der Waals surface area contributed by atoms with E-state index in [1.165, 1.54) is 25.7 Å². The molecule has 0 spiro atoms. The predicted molar refractivity (Wildman–Crippen MR) is 68.4 cm³/mol. The fourth-order valence-electron chi connectivity index (χ4n) is 2.74. The monoisotopic (exact) mass is 235 g/mol. The van der Waals surface area contributed by atoms with Crippen LogP contribution >= 0.6 is 0 Å². The van der Waals surface area contributed by atoms with E-state index >= 15 is 0 Å². The third-order valence-electron chi connectivity index (χ3n) is 3.70. The van der Waals surface area contributed by atoms with Gasteiger partial charge in [0.2, 0.25) is 0 Å². The second kappa shape index (κ2) is 5.41. The van der Waals surface area contributed by atoms with Gasteiger partial charge in [-0.1, -0.05) is 25.0 Å². The first-order valence-electron chi connectivity index (χ1n) is 6.24. The molecule has 17 heavy (non-hydrogen) atoms. The van der Waals surface area contributed by atoms with E-state index in [-0.39, 0.29) is 6.04 Å². The third kappa shape index (κ3) is 2.39. The maximum Gasteiger partial charge on any atom is 0.165 e. The summed E-state index contributed by atoms with van der Waals surface area (Å²) in [5, 5.41) is 0. The number of hydrogen-bond acceptors (Lipinski definition) is 3. The highest BCUT2D eigenvalue weighted by molar-refractivity contribution is 5.48. The topological polar surface area (TPSA) is 44.5 Å². The Balaban J connectivity index is 2.29. The molecule has 1 saturated carbocycles. The molecule has 1 unspecified atom stereocenters. The predicted octanol–water partition coefficient (Wildman–Crippen LogP) is 2.89. The normalized spacial score (nSPS) is 18.1. The number of rotatable bonds is 4. The zero-order valence-electron chi connectivity index (χ0n) is 10.6. The molecule has 0 aliphatic heterocycles. The van der Waals surface area contributed by atoms with Crippen molar-refractivity contribution in [1.82, 2.24) is 0 Å². The first-order valence-corrected chi connectivity index (χ1v) is 6.24. The van der Waals surface area contributed by atoms with Crippen LogP contribution in [-0.4, -0.2) is 14.2 Å². The lowest BCUT2D eigenvalue weighted by atomic mass is 9.91. The van der Waals surface area contributed by atoms with E-state index in [0.29, 0.717) is 5.92 Å². The molecule has 1 aromatic rings. The van der Waals surface area contributed by atoms with E-state index < -0.39 is 0 Å². The van der Waals surface area contributed by atoms with Crippen LogP contribution in [-0.2, 0) is 0 Å². The van der Waals surface area contributed by atoms with Gasteiger partial charge in [0.1, 0.15) is 0 Å². The van der Waals surface area contributed by atoms with Gasteiger partial charge in [-0.15, -0.1) is 0 Å². The molecule has 94 valence electrons. The average Bonchev–Trinajstić information content (AvgIpc) is 2.90. The maximum absolute atomic E-state index is 6.36. The minimum Gasteiger partial charge on any atom is -0.493 e. The quantitative estimate of drug-likeness (QED) is 0.872. The summed E-state index contributed by atoms with van der Waals surface area (Å²) >= 11 is 0. The SMILES string of the molecule is COc1cccc(C(N)C2CCCC2)c1OC. The molecular weight excluding hydrogens is 214 g/mol. The molecule has 1 aliphatic carbocycles. The lowest BCUT2D eigenvalue weighted by Crippen LogP contribution is -2.20. The number of benzene rings is 1. The van der Waals surface area contributed by atoms with E-state index in [1.54, 1.807) is 14.2 Å². The molecule has 1 aromatic carbocycles. The first-order chi connectivity index (χ1) is 8.27. The van der Waals surface area contributed by atoms with Crippen molar-refractivity contribution in [3.05, 3.63) is 23.8 Å². The summed E-state index contributed by atoms with van der Waals surface area (Å²) in [6.07, 6.45) is 5.04. The van der Waals surface area contributed by atoms with Crippen LogP contribution < -0.4 is 15.2 Å². The smallest absolute Gasteiger partial charge is 0.165 e. The van der Waals surface area contributed by atoms with Crippen LogP contribution in [0, 0.1) is 5.92 Å². The third-order valence-corrected chi connectivity index (χ3v) is 3.70. The molecule has 0 bridgehead atoms. The highest BCUT2D eigenvalue weighted by Crippen LogP contribution is 2.40. The number of ether oxygens (including phenoxy) is 2. The summed E-state index contributed by atoms with van der Waals surface area (Å²) in [4.78, 5) is 0. The van der Waals surface area contributed by atoms with Gasteiger partial charge in [0.05, 0.1) is 14.2 Å². The second-order valence-electron chi connectivity index (χ2n) is 4.65. The van der Waals surface area contributed by atoms with Crippen molar-refractivity contribution < 1.29 is 9.47 Å². The molecule has 0 radical (unpaired) electrons. The molecule has 0 amide bonds. The van der Waals surface area contributed by atoms with Crippen LogP contribution in [0.25, 0.3) is 0 Å². The summed E-state index contributed by atoms with van der Waals surface area (Å²) in [7, 11) is 3.32. The Labute approximate surface area is 103 Å². The van der Waals surface area contributed by atoms with E-state index in [0.717, 1.165) is 17.1 Å². The van der Waals surface area contributed by atoms with Gasteiger partial charge in [-0.05, 0) is 24.8 Å². The Morgan fingerprint density at radius 1 is 1.18 bits per heavy atom.